The van der Waals surface area contributed by atoms with Crippen LogP contribution < -0.4 is 4.90 Å². The molecule has 1 unspecified atom stereocenters. The van der Waals surface area contributed by atoms with Crippen molar-refractivity contribution in [2.24, 2.45) is 5.92 Å². The number of rotatable bonds is 6. The molecule has 1 N–H and O–H groups in total. The van der Waals surface area contributed by atoms with Gasteiger partial charge in [0, 0.05) is 25.1 Å². The Morgan fingerprint density at radius 3 is 3.25 bits per heavy atom. The second-order valence-electron chi connectivity index (χ2n) is 5.07. The minimum atomic E-state index is -0.221. The van der Waals surface area contributed by atoms with E-state index >= 15 is 0 Å². The minimum Gasteiger partial charge on any atom is -0.466 e. The Kier molecular flexibility index (Phi) is 5.79. The zero-order valence-electron chi connectivity index (χ0n) is 11.9. The fraction of sp³-hybridized carbons (Fsp3) is 0.714. The third-order valence-electron chi connectivity index (χ3n) is 3.50. The van der Waals surface area contributed by atoms with Crippen LogP contribution in [0.2, 0.25) is 0 Å². The molecule has 0 aliphatic carbocycles. The molecule has 20 heavy (non-hydrogen) atoms. The van der Waals surface area contributed by atoms with Gasteiger partial charge in [0.05, 0.1) is 18.7 Å². The van der Waals surface area contributed by atoms with Crippen LogP contribution >= 0.6 is 11.3 Å². The Balaban J connectivity index is 1.92. The number of aliphatic hydroxyl groups excluding tert-OH is 1. The molecule has 1 aromatic rings. The Hall–Kier alpha value is -1.14. The van der Waals surface area contributed by atoms with Crippen molar-refractivity contribution >= 4 is 22.4 Å². The van der Waals surface area contributed by atoms with Crippen molar-refractivity contribution < 1.29 is 14.6 Å². The Bertz CT molecular complexity index is 434. The van der Waals surface area contributed by atoms with Gasteiger partial charge in [-0.25, -0.2) is 4.98 Å². The molecule has 1 aliphatic rings. The van der Waals surface area contributed by atoms with Crippen molar-refractivity contribution in [3.05, 3.63) is 11.1 Å². The first kappa shape index (κ1) is 15.3. The number of ether oxygens (including phenoxy) is 1. The molecule has 112 valence electrons. The molecule has 6 heteroatoms. The average molecular weight is 298 g/mol. The molecule has 2 heterocycles. The van der Waals surface area contributed by atoms with Gasteiger partial charge in [0.2, 0.25) is 0 Å². The Morgan fingerprint density at radius 2 is 2.50 bits per heavy atom. The van der Waals surface area contributed by atoms with Crippen molar-refractivity contribution in [1.82, 2.24) is 4.98 Å². The highest BCUT2D eigenvalue weighted by Crippen LogP contribution is 2.27. The molecule has 2 rings (SSSR count). The number of carbonyl (C=O) groups excluding carboxylic acids is 1. The fourth-order valence-electron chi connectivity index (χ4n) is 2.54. The smallest absolute Gasteiger partial charge is 0.311 e. The van der Waals surface area contributed by atoms with Gasteiger partial charge in [0.15, 0.2) is 5.13 Å². The normalized spacial score (nSPS) is 19.1. The molecule has 0 bridgehead atoms. The van der Waals surface area contributed by atoms with Gasteiger partial charge < -0.3 is 14.7 Å². The van der Waals surface area contributed by atoms with E-state index in [0.29, 0.717) is 12.5 Å². The van der Waals surface area contributed by atoms with Gasteiger partial charge >= 0.3 is 5.97 Å². The molecule has 0 spiro atoms. The molecule has 1 aromatic heterocycles. The van der Waals surface area contributed by atoms with Crippen molar-refractivity contribution in [2.75, 3.05) is 31.2 Å². The summed E-state index contributed by atoms with van der Waals surface area (Å²) in [5.41, 5.74) is 0.785. The molecule has 1 aliphatic heterocycles. The van der Waals surface area contributed by atoms with Crippen LogP contribution in [-0.2, 0) is 16.0 Å². The van der Waals surface area contributed by atoms with Crippen molar-refractivity contribution in [2.45, 2.75) is 32.6 Å². The summed E-state index contributed by atoms with van der Waals surface area (Å²) in [6.07, 6.45) is 3.42. The zero-order valence-corrected chi connectivity index (χ0v) is 12.7. The minimum absolute atomic E-state index is 0.221. The van der Waals surface area contributed by atoms with E-state index in [9.17, 15) is 4.79 Å². The summed E-state index contributed by atoms with van der Waals surface area (Å²) in [7, 11) is 0. The summed E-state index contributed by atoms with van der Waals surface area (Å²) in [6, 6.07) is 0. The van der Waals surface area contributed by atoms with Crippen LogP contribution in [0.15, 0.2) is 5.38 Å². The molecular weight excluding hydrogens is 276 g/mol. The maximum Gasteiger partial charge on any atom is 0.311 e. The fourth-order valence-corrected chi connectivity index (χ4v) is 3.40. The van der Waals surface area contributed by atoms with E-state index in [4.69, 9.17) is 9.84 Å². The Labute approximate surface area is 123 Å². The highest BCUT2D eigenvalue weighted by molar-refractivity contribution is 7.13. The summed E-state index contributed by atoms with van der Waals surface area (Å²) in [5.74, 6) is 0.326. The number of nitrogens with zero attached hydrogens (tertiary/aromatic N) is 2. The number of anilines is 1. The van der Waals surface area contributed by atoms with Crippen LogP contribution in [0.5, 0.6) is 0 Å². The molecule has 5 nitrogen and oxygen atoms in total. The number of thiazole rings is 1. The maximum absolute atomic E-state index is 11.4. The number of carbonyl (C=O) groups is 1. The van der Waals surface area contributed by atoms with Crippen molar-refractivity contribution in [3.63, 3.8) is 0 Å². The molecule has 0 aromatic carbocycles. The molecule has 1 fully saturated rings. The first-order valence-corrected chi connectivity index (χ1v) is 8.06. The van der Waals surface area contributed by atoms with E-state index in [2.05, 4.69) is 9.88 Å². The van der Waals surface area contributed by atoms with Crippen LogP contribution in [0.4, 0.5) is 5.13 Å². The summed E-state index contributed by atoms with van der Waals surface area (Å²) in [5, 5.41) is 12.0. The molecule has 0 radical (unpaired) electrons. The predicted molar refractivity (Wildman–Crippen MR) is 79.1 cm³/mol. The SMILES string of the molecule is CCOC(=O)Cc1csc(N2CCCC(CCO)C2)n1. The summed E-state index contributed by atoms with van der Waals surface area (Å²) in [6.45, 7) is 4.43. The monoisotopic (exact) mass is 298 g/mol. The van der Waals surface area contributed by atoms with Gasteiger partial charge in [-0.2, -0.15) is 0 Å². The maximum atomic E-state index is 11.4. The second-order valence-corrected chi connectivity index (χ2v) is 5.91. The van der Waals surface area contributed by atoms with Crippen molar-refractivity contribution in [3.8, 4) is 0 Å². The van der Waals surface area contributed by atoms with E-state index in [0.717, 1.165) is 36.8 Å². The van der Waals surface area contributed by atoms with Gasteiger partial charge in [0.25, 0.3) is 0 Å². The van der Waals surface area contributed by atoms with Gasteiger partial charge in [-0.3, -0.25) is 4.79 Å². The van der Waals surface area contributed by atoms with E-state index in [1.165, 1.54) is 6.42 Å². The van der Waals surface area contributed by atoms with E-state index in [-0.39, 0.29) is 19.0 Å². The first-order valence-electron chi connectivity index (χ1n) is 7.18. The number of hydrogen-bond donors (Lipinski definition) is 1. The highest BCUT2D eigenvalue weighted by Gasteiger charge is 2.22. The van der Waals surface area contributed by atoms with E-state index < -0.39 is 0 Å². The second kappa shape index (κ2) is 7.59. The third kappa shape index (κ3) is 4.18. The zero-order chi connectivity index (χ0) is 14.4. The molecule has 0 amide bonds. The van der Waals surface area contributed by atoms with Gasteiger partial charge in [-0.1, -0.05) is 0 Å². The van der Waals surface area contributed by atoms with Crippen LogP contribution in [0.25, 0.3) is 0 Å². The van der Waals surface area contributed by atoms with E-state index in [1.54, 1.807) is 18.3 Å². The average Bonchev–Trinajstić information content (AvgIpc) is 2.88. The summed E-state index contributed by atoms with van der Waals surface area (Å²) in [4.78, 5) is 18.2. The standard InChI is InChI=1S/C14H22N2O3S/c1-2-19-13(18)8-12-10-20-14(15-12)16-6-3-4-11(9-16)5-7-17/h10-11,17H,2-9H2,1H3. The number of hydrogen-bond acceptors (Lipinski definition) is 6. The quantitative estimate of drug-likeness (QED) is 0.812. The lowest BCUT2D eigenvalue weighted by Crippen LogP contribution is -2.35. The lowest BCUT2D eigenvalue weighted by Gasteiger charge is -2.32. The van der Waals surface area contributed by atoms with Crippen LogP contribution in [0.1, 0.15) is 31.9 Å². The highest BCUT2D eigenvalue weighted by atomic mass is 32.1. The molecule has 1 saturated heterocycles. The summed E-state index contributed by atoms with van der Waals surface area (Å²) < 4.78 is 4.93. The summed E-state index contributed by atoms with van der Waals surface area (Å²) >= 11 is 1.58. The lowest BCUT2D eigenvalue weighted by molar-refractivity contribution is -0.142. The lowest BCUT2D eigenvalue weighted by atomic mass is 9.95. The van der Waals surface area contributed by atoms with Gasteiger partial charge in [-0.05, 0) is 32.1 Å². The largest absolute Gasteiger partial charge is 0.466 e. The first-order chi connectivity index (χ1) is 9.72. The number of piperidine rings is 1. The predicted octanol–water partition coefficient (Wildman–Crippen LogP) is 1.85. The van der Waals surface area contributed by atoms with E-state index in [1.807, 2.05) is 5.38 Å². The third-order valence-corrected chi connectivity index (χ3v) is 4.45. The van der Waals surface area contributed by atoms with Gasteiger partial charge in [-0.15, -0.1) is 11.3 Å². The molecule has 1 atom stereocenters. The topological polar surface area (TPSA) is 62.7 Å². The molecule has 0 saturated carbocycles. The number of aromatic nitrogens is 1. The number of aliphatic hydroxyl groups is 1. The van der Waals surface area contributed by atoms with Crippen LogP contribution in [-0.4, -0.2) is 42.4 Å². The molecular formula is C14H22N2O3S. The van der Waals surface area contributed by atoms with Gasteiger partial charge in [0.1, 0.15) is 0 Å². The number of esters is 1. The van der Waals surface area contributed by atoms with Crippen molar-refractivity contribution in [1.29, 1.82) is 0 Å². The van der Waals surface area contributed by atoms with Crippen LogP contribution in [0.3, 0.4) is 0 Å². The van der Waals surface area contributed by atoms with Crippen LogP contribution in [0, 0.1) is 5.92 Å². The Morgan fingerprint density at radius 1 is 1.65 bits per heavy atom.